The van der Waals surface area contributed by atoms with Gasteiger partial charge in [-0.3, -0.25) is 4.79 Å². The van der Waals surface area contributed by atoms with E-state index in [1.807, 2.05) is 30.3 Å². The third-order valence-electron chi connectivity index (χ3n) is 3.04. The molecule has 2 rings (SSSR count). The normalized spacial score (nSPS) is 19.4. The van der Waals surface area contributed by atoms with Crippen molar-refractivity contribution < 1.29 is 19.0 Å². The molecule has 1 atom stereocenters. The number of carbonyl (C=O) groups is 1. The Morgan fingerprint density at radius 2 is 1.94 bits per heavy atom. The van der Waals surface area contributed by atoms with E-state index in [2.05, 4.69) is 0 Å². The van der Waals surface area contributed by atoms with E-state index < -0.39 is 11.7 Å². The van der Waals surface area contributed by atoms with Crippen molar-refractivity contribution in [1.29, 1.82) is 0 Å². The second kappa shape index (κ2) is 5.50. The predicted octanol–water partition coefficient (Wildman–Crippen LogP) is 2.10. The Bertz CT molecular complexity index is 396. The lowest BCUT2D eigenvalue weighted by atomic mass is 9.91. The van der Waals surface area contributed by atoms with Crippen molar-refractivity contribution in [2.45, 2.75) is 25.6 Å². The fraction of sp³-hybridized carbons (Fsp3) is 0.500. The minimum Gasteiger partial charge on any atom is -0.465 e. The molecule has 0 aromatic heterocycles. The Hall–Kier alpha value is -1.39. The Labute approximate surface area is 107 Å². The molecule has 0 bridgehead atoms. The van der Waals surface area contributed by atoms with Gasteiger partial charge < -0.3 is 14.2 Å². The molecule has 1 fully saturated rings. The minimum atomic E-state index is -0.937. The zero-order valence-corrected chi connectivity index (χ0v) is 10.7. The molecule has 0 aliphatic carbocycles. The molecule has 0 saturated carbocycles. The monoisotopic (exact) mass is 250 g/mol. The largest absolute Gasteiger partial charge is 0.465 e. The van der Waals surface area contributed by atoms with Crippen LogP contribution in [0.4, 0.5) is 0 Å². The second-order valence-corrected chi connectivity index (χ2v) is 4.31. The van der Waals surface area contributed by atoms with Crippen LogP contribution in [0.2, 0.25) is 0 Å². The van der Waals surface area contributed by atoms with Crippen LogP contribution in [0.5, 0.6) is 0 Å². The van der Waals surface area contributed by atoms with Gasteiger partial charge in [0.2, 0.25) is 0 Å². The maximum Gasteiger partial charge on any atom is 0.318 e. The van der Waals surface area contributed by atoms with Crippen molar-refractivity contribution in [3.63, 3.8) is 0 Å². The van der Waals surface area contributed by atoms with Gasteiger partial charge >= 0.3 is 5.97 Å². The van der Waals surface area contributed by atoms with Crippen molar-refractivity contribution in [2.75, 3.05) is 19.8 Å². The van der Waals surface area contributed by atoms with Gasteiger partial charge in [0.1, 0.15) is 5.92 Å². The molecule has 1 aromatic rings. The van der Waals surface area contributed by atoms with Gasteiger partial charge in [-0.2, -0.15) is 0 Å². The van der Waals surface area contributed by atoms with Crippen molar-refractivity contribution in [2.24, 2.45) is 0 Å². The predicted molar refractivity (Wildman–Crippen MR) is 66.1 cm³/mol. The molecule has 0 amide bonds. The summed E-state index contributed by atoms with van der Waals surface area (Å²) in [7, 11) is 0. The van der Waals surface area contributed by atoms with Gasteiger partial charge in [0.05, 0.1) is 19.8 Å². The fourth-order valence-corrected chi connectivity index (χ4v) is 2.22. The van der Waals surface area contributed by atoms with Gasteiger partial charge in [0.15, 0.2) is 5.79 Å². The van der Waals surface area contributed by atoms with Gasteiger partial charge in [0.25, 0.3) is 0 Å². The van der Waals surface area contributed by atoms with Crippen molar-refractivity contribution in [1.82, 2.24) is 0 Å². The summed E-state index contributed by atoms with van der Waals surface area (Å²) in [5, 5.41) is 0. The molecule has 98 valence electrons. The van der Waals surface area contributed by atoms with Crippen LogP contribution in [0.3, 0.4) is 0 Å². The fourth-order valence-electron chi connectivity index (χ4n) is 2.22. The molecule has 1 aromatic carbocycles. The molecule has 4 nitrogen and oxygen atoms in total. The molecule has 0 N–H and O–H groups in total. The maximum absolute atomic E-state index is 12.2. The highest BCUT2D eigenvalue weighted by atomic mass is 16.7. The van der Waals surface area contributed by atoms with E-state index in [0.29, 0.717) is 19.8 Å². The molecule has 0 spiro atoms. The lowest BCUT2D eigenvalue weighted by molar-refractivity contribution is -0.184. The standard InChI is InChI=1S/C14H18O4/c1-3-16-13(15)12(11-7-5-4-6-8-11)14(2)17-9-10-18-14/h4-8,12H,3,9-10H2,1-2H3/t12-/m0/s1. The summed E-state index contributed by atoms with van der Waals surface area (Å²) in [6.45, 7) is 4.92. The second-order valence-electron chi connectivity index (χ2n) is 4.31. The molecule has 18 heavy (non-hydrogen) atoms. The highest BCUT2D eigenvalue weighted by molar-refractivity contribution is 5.79. The summed E-state index contributed by atoms with van der Waals surface area (Å²) < 4.78 is 16.3. The van der Waals surface area contributed by atoms with Gasteiger partial charge in [-0.1, -0.05) is 30.3 Å². The van der Waals surface area contributed by atoms with Crippen LogP contribution >= 0.6 is 0 Å². The average Bonchev–Trinajstić information content (AvgIpc) is 2.78. The number of ether oxygens (including phenoxy) is 3. The Kier molecular flexibility index (Phi) is 3.99. The third-order valence-corrected chi connectivity index (χ3v) is 3.04. The third kappa shape index (κ3) is 2.54. The van der Waals surface area contributed by atoms with Crippen LogP contribution in [0.1, 0.15) is 25.3 Å². The first-order chi connectivity index (χ1) is 8.67. The van der Waals surface area contributed by atoms with Crippen LogP contribution in [0.25, 0.3) is 0 Å². The van der Waals surface area contributed by atoms with Crippen LogP contribution in [0, 0.1) is 0 Å². The van der Waals surface area contributed by atoms with E-state index in [1.165, 1.54) is 0 Å². The SMILES string of the molecule is CCOC(=O)[C@H](c1ccccc1)C1(C)OCCO1. The van der Waals surface area contributed by atoms with E-state index in [0.717, 1.165) is 5.56 Å². The first-order valence-electron chi connectivity index (χ1n) is 6.17. The lowest BCUT2D eigenvalue weighted by Crippen LogP contribution is -2.39. The summed E-state index contributed by atoms with van der Waals surface area (Å²) in [6, 6.07) is 9.46. The molecule has 1 aliphatic heterocycles. The highest BCUT2D eigenvalue weighted by Gasteiger charge is 2.46. The average molecular weight is 250 g/mol. The summed E-state index contributed by atoms with van der Waals surface area (Å²) >= 11 is 0. The quantitative estimate of drug-likeness (QED) is 0.768. The van der Waals surface area contributed by atoms with Crippen LogP contribution in [-0.4, -0.2) is 31.6 Å². The van der Waals surface area contributed by atoms with Crippen molar-refractivity contribution in [3.8, 4) is 0 Å². The lowest BCUT2D eigenvalue weighted by Gasteiger charge is -2.30. The van der Waals surface area contributed by atoms with Gasteiger partial charge in [0, 0.05) is 0 Å². The highest BCUT2D eigenvalue weighted by Crippen LogP contribution is 2.36. The smallest absolute Gasteiger partial charge is 0.318 e. The molecule has 1 aliphatic rings. The van der Waals surface area contributed by atoms with Gasteiger partial charge in [-0.15, -0.1) is 0 Å². The maximum atomic E-state index is 12.2. The zero-order valence-electron chi connectivity index (χ0n) is 10.7. The Morgan fingerprint density at radius 3 is 2.50 bits per heavy atom. The number of rotatable bonds is 4. The Morgan fingerprint density at radius 1 is 1.33 bits per heavy atom. The molecule has 1 heterocycles. The van der Waals surface area contributed by atoms with Crippen LogP contribution < -0.4 is 0 Å². The molecule has 4 heteroatoms. The number of esters is 1. The summed E-state index contributed by atoms with van der Waals surface area (Å²) in [5.74, 6) is -1.80. The summed E-state index contributed by atoms with van der Waals surface area (Å²) in [4.78, 5) is 12.2. The molecule has 1 saturated heterocycles. The molecule has 0 radical (unpaired) electrons. The Balaban J connectivity index is 2.31. The van der Waals surface area contributed by atoms with Crippen LogP contribution in [0.15, 0.2) is 30.3 Å². The number of benzene rings is 1. The number of carbonyl (C=O) groups excluding carboxylic acids is 1. The summed E-state index contributed by atoms with van der Waals surface area (Å²) in [5.41, 5.74) is 0.848. The number of hydrogen-bond donors (Lipinski definition) is 0. The van der Waals surface area contributed by atoms with Crippen molar-refractivity contribution >= 4 is 5.97 Å². The summed E-state index contributed by atoms with van der Waals surface area (Å²) in [6.07, 6.45) is 0. The van der Waals surface area contributed by atoms with Crippen LogP contribution in [-0.2, 0) is 19.0 Å². The first kappa shape index (κ1) is 13.1. The van der Waals surface area contributed by atoms with Crippen molar-refractivity contribution in [3.05, 3.63) is 35.9 Å². The van der Waals surface area contributed by atoms with E-state index in [4.69, 9.17) is 14.2 Å². The zero-order chi connectivity index (χ0) is 13.0. The van der Waals surface area contributed by atoms with E-state index in [9.17, 15) is 4.79 Å². The molecular weight excluding hydrogens is 232 g/mol. The molecule has 0 unspecified atom stereocenters. The van der Waals surface area contributed by atoms with Gasteiger partial charge in [-0.25, -0.2) is 0 Å². The minimum absolute atomic E-state index is 0.312. The topological polar surface area (TPSA) is 44.8 Å². The number of hydrogen-bond acceptors (Lipinski definition) is 4. The van der Waals surface area contributed by atoms with E-state index in [-0.39, 0.29) is 5.97 Å². The molecular formula is C14H18O4. The van der Waals surface area contributed by atoms with E-state index >= 15 is 0 Å². The van der Waals surface area contributed by atoms with Gasteiger partial charge in [-0.05, 0) is 19.4 Å². The first-order valence-corrected chi connectivity index (χ1v) is 6.17. The van der Waals surface area contributed by atoms with E-state index in [1.54, 1.807) is 13.8 Å².